The van der Waals surface area contributed by atoms with Crippen LogP contribution in [-0.4, -0.2) is 39.1 Å². The van der Waals surface area contributed by atoms with E-state index in [1.807, 2.05) is 24.3 Å². The van der Waals surface area contributed by atoms with Crippen molar-refractivity contribution in [2.24, 2.45) is 50.7 Å². The van der Waals surface area contributed by atoms with Crippen LogP contribution in [0.3, 0.4) is 0 Å². The summed E-state index contributed by atoms with van der Waals surface area (Å²) in [5, 5.41) is 19.4. The number of aliphatic carboxylic acids is 1. The van der Waals surface area contributed by atoms with Crippen LogP contribution in [0.15, 0.2) is 39.8 Å². The summed E-state index contributed by atoms with van der Waals surface area (Å²) in [6.07, 6.45) is 7.70. The first-order chi connectivity index (χ1) is 24.2. The summed E-state index contributed by atoms with van der Waals surface area (Å²) in [4.78, 5) is 39.0. The number of carboxylic acid groups (broad SMARTS) is 1. The summed E-state index contributed by atoms with van der Waals surface area (Å²) in [5.74, 6) is 0.904. The predicted octanol–water partition coefficient (Wildman–Crippen LogP) is 10.0. The van der Waals surface area contributed by atoms with E-state index in [2.05, 4.69) is 58.7 Å². The molecule has 5 aliphatic carbocycles. The molecule has 1 heterocycles. The van der Waals surface area contributed by atoms with Crippen molar-refractivity contribution in [2.45, 2.75) is 138 Å². The zero-order valence-electron chi connectivity index (χ0n) is 32.5. The molecule has 4 fully saturated rings. The molecule has 0 radical (unpaired) electrons. The number of ketones is 1. The largest absolute Gasteiger partial charge is 0.481 e. The molecule has 4 saturated carbocycles. The monoisotopic (exact) mass is 732 g/mol. The summed E-state index contributed by atoms with van der Waals surface area (Å²) < 4.78 is 12.7. The van der Waals surface area contributed by atoms with Crippen molar-refractivity contribution < 1.29 is 28.6 Å². The van der Waals surface area contributed by atoms with Crippen LogP contribution < -0.4 is 0 Å². The fraction of sp³-hybridized carbons (Fsp3) is 0.698. The van der Waals surface area contributed by atoms with E-state index in [0.717, 1.165) is 56.9 Å². The minimum Gasteiger partial charge on any atom is -0.481 e. The zero-order valence-corrected chi connectivity index (χ0v) is 33.3. The summed E-state index contributed by atoms with van der Waals surface area (Å²) in [5.41, 5.74) is 0.987. The minimum atomic E-state index is -1.17. The number of carbonyl (C=O) groups excluding carboxylic acids is 2. The molecule has 52 heavy (non-hydrogen) atoms. The number of hydrogen-bond donors (Lipinski definition) is 1. The number of carboxylic acids is 1. The third-order valence-electron chi connectivity index (χ3n) is 15.7. The lowest BCUT2D eigenvalue weighted by atomic mass is 9.33. The Morgan fingerprint density at radius 3 is 2.35 bits per heavy atom. The average molecular weight is 733 g/mol. The van der Waals surface area contributed by atoms with E-state index in [9.17, 15) is 19.5 Å². The molecule has 0 bridgehead atoms. The highest BCUT2D eigenvalue weighted by molar-refractivity contribution is 6.33. The highest BCUT2D eigenvalue weighted by Crippen LogP contribution is 2.76. The van der Waals surface area contributed by atoms with Gasteiger partial charge < -0.3 is 14.3 Å². The maximum absolute atomic E-state index is 14.1. The Morgan fingerprint density at radius 2 is 1.67 bits per heavy atom. The number of carbonyl (C=O) groups is 3. The van der Waals surface area contributed by atoms with Gasteiger partial charge in [0.1, 0.15) is 6.10 Å². The molecule has 282 valence electrons. The van der Waals surface area contributed by atoms with Crippen LogP contribution in [0, 0.1) is 50.7 Å². The highest BCUT2D eigenvalue weighted by Gasteiger charge is 2.71. The molecule has 8 atom stereocenters. The molecule has 7 rings (SSSR count). The fourth-order valence-electron chi connectivity index (χ4n) is 12.9. The van der Waals surface area contributed by atoms with E-state index in [1.165, 1.54) is 5.57 Å². The Labute approximate surface area is 313 Å². The second-order valence-corrected chi connectivity index (χ2v) is 19.8. The lowest BCUT2D eigenvalue weighted by Gasteiger charge is -2.72. The normalized spacial score (nSPS) is 36.9. The van der Waals surface area contributed by atoms with Crippen LogP contribution in [0.4, 0.5) is 0 Å². The smallest absolute Gasteiger partial charge is 0.309 e. The quantitative estimate of drug-likeness (QED) is 0.279. The molecule has 9 heteroatoms. The van der Waals surface area contributed by atoms with Gasteiger partial charge in [-0.3, -0.25) is 14.4 Å². The third-order valence-corrected chi connectivity index (χ3v) is 16.1. The number of esters is 1. The number of nitrogens with zero attached hydrogens (tertiary/aromatic N) is 2. The van der Waals surface area contributed by atoms with Gasteiger partial charge >= 0.3 is 11.9 Å². The van der Waals surface area contributed by atoms with Gasteiger partial charge in [0.25, 0.3) is 0 Å². The second kappa shape index (κ2) is 12.3. The fourth-order valence-corrected chi connectivity index (χ4v) is 13.1. The van der Waals surface area contributed by atoms with Crippen LogP contribution >= 0.6 is 11.6 Å². The van der Waals surface area contributed by atoms with Crippen molar-refractivity contribution in [3.8, 4) is 11.5 Å². The molecule has 1 N–H and O–H groups in total. The van der Waals surface area contributed by atoms with E-state index in [0.29, 0.717) is 40.6 Å². The number of ether oxygens (including phenoxy) is 1. The minimum absolute atomic E-state index is 0.0328. The molecule has 5 aliphatic rings. The average Bonchev–Trinajstić information content (AvgIpc) is 3.66. The number of halogens is 1. The Hall–Kier alpha value is -3.00. The molecule has 0 aliphatic heterocycles. The number of aromatic nitrogens is 2. The number of Topliss-reactive ketones (excluding diaryl/α,β-unsaturated/α-hetero) is 1. The van der Waals surface area contributed by atoms with Crippen LogP contribution in [0.1, 0.15) is 132 Å². The molecule has 0 unspecified atom stereocenters. The van der Waals surface area contributed by atoms with E-state index in [1.54, 1.807) is 13.8 Å². The van der Waals surface area contributed by atoms with Crippen molar-refractivity contribution in [1.29, 1.82) is 0 Å². The van der Waals surface area contributed by atoms with Gasteiger partial charge in [0, 0.05) is 11.8 Å². The van der Waals surface area contributed by atoms with Gasteiger partial charge in [-0.05, 0) is 128 Å². The summed E-state index contributed by atoms with van der Waals surface area (Å²) in [7, 11) is 0. The zero-order chi connectivity index (χ0) is 37.8. The maximum Gasteiger partial charge on any atom is 0.309 e. The molecular formula is C43H57ClN2O6. The Bertz CT molecular complexity index is 1840. The van der Waals surface area contributed by atoms with Crippen LogP contribution in [-0.2, 0) is 24.5 Å². The highest BCUT2D eigenvalue weighted by atomic mass is 35.5. The number of benzene rings is 1. The molecule has 0 spiro atoms. The lowest BCUT2D eigenvalue weighted by Crippen LogP contribution is -2.66. The molecule has 2 aromatic rings. The molecule has 0 amide bonds. The summed E-state index contributed by atoms with van der Waals surface area (Å²) in [6.45, 7) is 19.6. The van der Waals surface area contributed by atoms with E-state index in [-0.39, 0.29) is 51.8 Å². The van der Waals surface area contributed by atoms with Crippen molar-refractivity contribution in [1.82, 2.24) is 10.2 Å². The van der Waals surface area contributed by atoms with Gasteiger partial charge in [-0.2, -0.15) is 0 Å². The van der Waals surface area contributed by atoms with Gasteiger partial charge in [0.15, 0.2) is 5.78 Å². The van der Waals surface area contributed by atoms with E-state index in [4.69, 9.17) is 20.8 Å². The molecule has 0 saturated heterocycles. The lowest BCUT2D eigenvalue weighted by molar-refractivity contribution is -0.232. The SMILES string of the molecule is CC(C)C1=C2[C@H]3CC[C@@H]4[C@@]5(C)CC[C@H](OC(=O)CC(C)(C)C(=O)O)C(C)(C)[C@@H]5CC[C@@]4(C)[C@]3(C)CC[C@@]2(c2nnc(-c3ccccc3Cl)o2)CC1=O. The molecule has 8 nitrogen and oxygen atoms in total. The standard InChI is InChI=1S/C43H57ClN2O6/c1-24(2)33-28(47)22-43(36-46-45-35(52-36)25-12-10-11-13-27(25)44)21-20-41(8)26(34(33)43)14-15-30-40(7)18-17-31(51-32(48)23-38(3,4)37(49)50)39(5,6)29(40)16-19-42(30,41)9/h10-13,24,26,29-31H,14-23H2,1-9H3,(H,49,50)/t26-,29+,30-,31+,40+,41-,42-,43-/m1/s1. The van der Waals surface area contributed by atoms with Crippen molar-refractivity contribution in [3.05, 3.63) is 46.3 Å². The Balaban J connectivity index is 1.21. The van der Waals surface area contributed by atoms with Crippen molar-refractivity contribution in [2.75, 3.05) is 0 Å². The number of hydrogen-bond acceptors (Lipinski definition) is 7. The first-order valence-electron chi connectivity index (χ1n) is 19.5. The van der Waals surface area contributed by atoms with Crippen LogP contribution in [0.5, 0.6) is 0 Å². The van der Waals surface area contributed by atoms with Gasteiger partial charge in [0.05, 0.1) is 27.8 Å². The van der Waals surface area contributed by atoms with Crippen LogP contribution in [0.25, 0.3) is 11.5 Å². The number of allylic oxidation sites excluding steroid dienone is 2. The summed E-state index contributed by atoms with van der Waals surface area (Å²) in [6, 6.07) is 7.51. The predicted molar refractivity (Wildman–Crippen MR) is 199 cm³/mol. The van der Waals surface area contributed by atoms with Crippen molar-refractivity contribution >= 4 is 29.3 Å². The Kier molecular flexibility index (Phi) is 8.80. The van der Waals surface area contributed by atoms with Crippen molar-refractivity contribution in [3.63, 3.8) is 0 Å². The third kappa shape index (κ3) is 5.22. The molecule has 1 aromatic carbocycles. The van der Waals surface area contributed by atoms with Gasteiger partial charge in [-0.25, -0.2) is 0 Å². The number of fused-ring (bicyclic) bond motifs is 7. The topological polar surface area (TPSA) is 120 Å². The molecule has 1 aromatic heterocycles. The maximum atomic E-state index is 14.1. The van der Waals surface area contributed by atoms with Crippen LogP contribution in [0.2, 0.25) is 5.02 Å². The van der Waals surface area contributed by atoms with Gasteiger partial charge in [-0.1, -0.05) is 72.2 Å². The first kappa shape index (κ1) is 37.3. The Morgan fingerprint density at radius 1 is 0.962 bits per heavy atom. The second-order valence-electron chi connectivity index (χ2n) is 19.4. The number of rotatable bonds is 7. The molecular weight excluding hydrogens is 676 g/mol. The first-order valence-corrected chi connectivity index (χ1v) is 19.9. The van der Waals surface area contributed by atoms with E-state index < -0.39 is 22.8 Å². The summed E-state index contributed by atoms with van der Waals surface area (Å²) >= 11 is 6.55. The van der Waals surface area contributed by atoms with Gasteiger partial charge in [0.2, 0.25) is 11.8 Å². The van der Waals surface area contributed by atoms with Gasteiger partial charge in [-0.15, -0.1) is 10.2 Å². The van der Waals surface area contributed by atoms with E-state index >= 15 is 0 Å².